The van der Waals surface area contributed by atoms with E-state index in [1.54, 1.807) is 11.8 Å². The smallest absolute Gasteiger partial charge is 0.240 e. The summed E-state index contributed by atoms with van der Waals surface area (Å²) in [6.45, 7) is 3.96. The summed E-state index contributed by atoms with van der Waals surface area (Å²) >= 11 is 0. The Morgan fingerprint density at radius 1 is 1.29 bits per heavy atom. The van der Waals surface area contributed by atoms with E-state index in [4.69, 9.17) is 11.5 Å². The Kier molecular flexibility index (Phi) is 5.58. The Morgan fingerprint density at radius 2 is 1.96 bits per heavy atom. The summed E-state index contributed by atoms with van der Waals surface area (Å²) in [7, 11) is 0. The van der Waals surface area contributed by atoms with Crippen molar-refractivity contribution < 1.29 is 19.2 Å². The number of carbonyl (C=O) groups is 4. The van der Waals surface area contributed by atoms with E-state index < -0.39 is 18.0 Å². The summed E-state index contributed by atoms with van der Waals surface area (Å²) in [4.78, 5) is 51.2. The summed E-state index contributed by atoms with van der Waals surface area (Å²) in [6.07, 6.45) is 1.62. The van der Waals surface area contributed by atoms with Crippen LogP contribution in [-0.4, -0.2) is 64.5 Å². The molecule has 0 spiro atoms. The van der Waals surface area contributed by atoms with Crippen molar-refractivity contribution in [1.29, 1.82) is 0 Å². The molecule has 2 aliphatic rings. The highest BCUT2D eigenvalue weighted by atomic mass is 16.2. The molecule has 2 heterocycles. The van der Waals surface area contributed by atoms with E-state index >= 15 is 0 Å². The van der Waals surface area contributed by atoms with Gasteiger partial charge in [0.15, 0.2) is 5.78 Å². The van der Waals surface area contributed by atoms with Gasteiger partial charge in [0.2, 0.25) is 17.7 Å². The van der Waals surface area contributed by atoms with Crippen molar-refractivity contribution >= 4 is 23.5 Å². The fourth-order valence-electron chi connectivity index (χ4n) is 3.40. The van der Waals surface area contributed by atoms with E-state index in [0.717, 1.165) is 0 Å². The third-order valence-corrected chi connectivity index (χ3v) is 5.06. The van der Waals surface area contributed by atoms with Crippen molar-refractivity contribution in [3.05, 3.63) is 0 Å². The predicted octanol–water partition coefficient (Wildman–Crippen LogP) is -0.994. The average Bonchev–Trinajstić information content (AvgIpc) is 3.12. The molecule has 2 fully saturated rings. The van der Waals surface area contributed by atoms with Crippen LogP contribution in [0.4, 0.5) is 0 Å². The van der Waals surface area contributed by atoms with Crippen molar-refractivity contribution in [2.75, 3.05) is 13.1 Å². The van der Waals surface area contributed by atoms with E-state index in [2.05, 4.69) is 0 Å². The molecule has 134 valence electrons. The molecule has 8 heteroatoms. The Bertz CT molecular complexity index is 550. The molecule has 24 heavy (non-hydrogen) atoms. The molecule has 8 nitrogen and oxygen atoms in total. The van der Waals surface area contributed by atoms with Gasteiger partial charge < -0.3 is 21.3 Å². The van der Waals surface area contributed by atoms with Gasteiger partial charge >= 0.3 is 0 Å². The van der Waals surface area contributed by atoms with Crippen molar-refractivity contribution in [1.82, 2.24) is 9.80 Å². The fourth-order valence-corrected chi connectivity index (χ4v) is 3.40. The van der Waals surface area contributed by atoms with Gasteiger partial charge in [0.25, 0.3) is 0 Å². The molecule has 0 aliphatic carbocycles. The number of carbonyl (C=O) groups excluding carboxylic acids is 4. The average molecular weight is 338 g/mol. The lowest BCUT2D eigenvalue weighted by Gasteiger charge is -2.26. The Labute approximate surface area is 141 Å². The molecule has 2 aliphatic heterocycles. The second kappa shape index (κ2) is 7.29. The number of Topliss-reactive ketones (excluding diaryl/α,β-unsaturated/α-hetero) is 1. The van der Waals surface area contributed by atoms with Gasteiger partial charge in [-0.05, 0) is 19.3 Å². The first-order valence-corrected chi connectivity index (χ1v) is 8.45. The molecular weight excluding hydrogens is 312 g/mol. The topological polar surface area (TPSA) is 127 Å². The second-order valence-electron chi connectivity index (χ2n) is 6.68. The minimum Gasteiger partial charge on any atom is -0.369 e. The van der Waals surface area contributed by atoms with E-state index in [1.165, 1.54) is 4.90 Å². The maximum atomic E-state index is 12.4. The molecule has 2 rings (SSSR count). The fraction of sp³-hybridized carbons (Fsp3) is 0.750. The molecule has 2 saturated heterocycles. The third-order valence-electron chi connectivity index (χ3n) is 5.06. The number of fused-ring (bicyclic) bond motifs is 1. The molecule has 3 amide bonds. The van der Waals surface area contributed by atoms with Crippen LogP contribution in [0.1, 0.15) is 39.5 Å². The zero-order valence-electron chi connectivity index (χ0n) is 14.2. The highest BCUT2D eigenvalue weighted by molar-refractivity contribution is 5.98. The highest BCUT2D eigenvalue weighted by Gasteiger charge is 2.51. The van der Waals surface area contributed by atoms with Crippen LogP contribution in [-0.2, 0) is 19.2 Å². The van der Waals surface area contributed by atoms with Crippen LogP contribution in [0.25, 0.3) is 0 Å². The molecule has 0 bridgehead atoms. The van der Waals surface area contributed by atoms with Crippen LogP contribution in [0.15, 0.2) is 0 Å². The number of primary amides is 1. The number of ketones is 1. The van der Waals surface area contributed by atoms with Gasteiger partial charge in [-0.15, -0.1) is 0 Å². The van der Waals surface area contributed by atoms with Gasteiger partial charge in [-0.25, -0.2) is 0 Å². The maximum absolute atomic E-state index is 12.4. The van der Waals surface area contributed by atoms with Crippen molar-refractivity contribution in [2.45, 2.75) is 57.7 Å². The molecule has 0 saturated carbocycles. The van der Waals surface area contributed by atoms with E-state index in [-0.39, 0.29) is 42.5 Å². The largest absolute Gasteiger partial charge is 0.369 e. The van der Waals surface area contributed by atoms with Crippen LogP contribution in [0.3, 0.4) is 0 Å². The number of nitrogens with two attached hydrogens (primary N) is 2. The molecule has 0 radical (unpaired) electrons. The van der Waals surface area contributed by atoms with Gasteiger partial charge in [0.05, 0.1) is 18.6 Å². The molecule has 4 N–H and O–H groups in total. The molecule has 0 aromatic rings. The Morgan fingerprint density at radius 3 is 2.54 bits per heavy atom. The first-order valence-electron chi connectivity index (χ1n) is 8.45. The number of nitrogens with zero attached hydrogens (tertiary/aromatic N) is 2. The van der Waals surface area contributed by atoms with Gasteiger partial charge in [-0.1, -0.05) is 13.8 Å². The standard InChI is InChI=1S/C16H26N4O4/c1-3-10(17)16(24)20-8-12(21)14-11(20)6-7-19(14)13(22)5-4-9(2)15(18)23/h9-11,14H,3-8,17H2,1-2H3,(H2,18,23). The SMILES string of the molecule is CCC(N)C(=O)N1CC(=O)C2C1CCN2C(=O)CCC(C)C(N)=O. The number of likely N-dealkylation sites (tertiary alicyclic amines) is 2. The van der Waals surface area contributed by atoms with Gasteiger partial charge in [-0.2, -0.15) is 0 Å². The minimum absolute atomic E-state index is 0.0172. The summed E-state index contributed by atoms with van der Waals surface area (Å²) in [5, 5.41) is 0. The normalized spacial score (nSPS) is 25.5. The van der Waals surface area contributed by atoms with Crippen LogP contribution in [0.2, 0.25) is 0 Å². The van der Waals surface area contributed by atoms with Gasteiger partial charge in [0.1, 0.15) is 6.04 Å². The molecule has 0 aromatic heterocycles. The van der Waals surface area contributed by atoms with Gasteiger partial charge in [0, 0.05) is 18.9 Å². The lowest BCUT2D eigenvalue weighted by Crippen LogP contribution is -2.47. The number of amides is 3. The quantitative estimate of drug-likeness (QED) is 0.642. The summed E-state index contributed by atoms with van der Waals surface area (Å²) in [5.74, 6) is -1.34. The van der Waals surface area contributed by atoms with Crippen molar-refractivity contribution in [3.8, 4) is 0 Å². The molecule has 0 aromatic carbocycles. The third kappa shape index (κ3) is 3.43. The zero-order chi connectivity index (χ0) is 18.0. The van der Waals surface area contributed by atoms with Crippen molar-refractivity contribution in [3.63, 3.8) is 0 Å². The van der Waals surface area contributed by atoms with Crippen LogP contribution >= 0.6 is 0 Å². The number of hydrogen-bond donors (Lipinski definition) is 2. The first-order chi connectivity index (χ1) is 11.3. The molecule has 4 atom stereocenters. The van der Waals surface area contributed by atoms with E-state index in [1.807, 2.05) is 6.92 Å². The first kappa shape index (κ1) is 18.4. The van der Waals surface area contributed by atoms with Crippen LogP contribution in [0, 0.1) is 5.92 Å². The lowest BCUT2D eigenvalue weighted by atomic mass is 10.0. The lowest BCUT2D eigenvalue weighted by molar-refractivity contribution is -0.136. The molecular formula is C16H26N4O4. The summed E-state index contributed by atoms with van der Waals surface area (Å²) in [6, 6.07) is -1.47. The summed E-state index contributed by atoms with van der Waals surface area (Å²) in [5.41, 5.74) is 11.0. The highest BCUT2D eigenvalue weighted by Crippen LogP contribution is 2.31. The summed E-state index contributed by atoms with van der Waals surface area (Å²) < 4.78 is 0. The van der Waals surface area contributed by atoms with E-state index in [9.17, 15) is 19.2 Å². The minimum atomic E-state index is -0.613. The van der Waals surface area contributed by atoms with Crippen LogP contribution < -0.4 is 11.5 Å². The molecule has 4 unspecified atom stereocenters. The monoisotopic (exact) mass is 338 g/mol. The predicted molar refractivity (Wildman–Crippen MR) is 86.5 cm³/mol. The van der Waals surface area contributed by atoms with Gasteiger partial charge in [-0.3, -0.25) is 19.2 Å². The Balaban J connectivity index is 2.02. The van der Waals surface area contributed by atoms with Crippen molar-refractivity contribution in [2.24, 2.45) is 17.4 Å². The maximum Gasteiger partial charge on any atom is 0.240 e. The van der Waals surface area contributed by atoms with Crippen LogP contribution in [0.5, 0.6) is 0 Å². The number of hydrogen-bond acceptors (Lipinski definition) is 5. The number of rotatable bonds is 6. The zero-order valence-corrected chi connectivity index (χ0v) is 14.2. The van der Waals surface area contributed by atoms with E-state index in [0.29, 0.717) is 25.8 Å². The second-order valence-corrected chi connectivity index (χ2v) is 6.68. The Hall–Kier alpha value is -1.96.